The number of likely N-dealkylation sites (tertiary alicyclic amines) is 1. The maximum Gasteiger partial charge on any atom is 0.228 e. The van der Waals surface area contributed by atoms with E-state index in [-0.39, 0.29) is 23.8 Å². The molecule has 1 unspecified atom stereocenters. The zero-order valence-corrected chi connectivity index (χ0v) is 12.9. The minimum Gasteiger partial charge on any atom is -0.467 e. The molecule has 0 spiro atoms. The lowest BCUT2D eigenvalue weighted by Gasteiger charge is -2.31. The van der Waals surface area contributed by atoms with Crippen molar-refractivity contribution < 1.29 is 18.7 Å². The Morgan fingerprint density at radius 1 is 1.41 bits per heavy atom. The van der Waals surface area contributed by atoms with Crippen LogP contribution in [0.3, 0.4) is 0 Å². The highest BCUT2D eigenvalue weighted by molar-refractivity contribution is 5.89. The van der Waals surface area contributed by atoms with Crippen molar-refractivity contribution in [1.82, 2.24) is 9.80 Å². The fraction of sp³-hybridized carbons (Fsp3) is 0.625. The van der Waals surface area contributed by atoms with Crippen LogP contribution in [-0.4, -0.2) is 54.5 Å². The largest absolute Gasteiger partial charge is 0.467 e. The first-order valence-electron chi connectivity index (χ1n) is 7.79. The van der Waals surface area contributed by atoms with Crippen molar-refractivity contribution in [2.75, 3.05) is 26.8 Å². The van der Waals surface area contributed by atoms with Crippen LogP contribution in [0.4, 0.5) is 0 Å². The average molecular weight is 306 g/mol. The van der Waals surface area contributed by atoms with Gasteiger partial charge in [-0.2, -0.15) is 0 Å². The molecule has 3 rings (SSSR count). The second-order valence-electron chi connectivity index (χ2n) is 6.06. The molecular formula is C16H22N2O4. The van der Waals surface area contributed by atoms with E-state index < -0.39 is 0 Å². The van der Waals surface area contributed by atoms with Crippen molar-refractivity contribution in [3.8, 4) is 0 Å². The maximum atomic E-state index is 12.5. The SMILES string of the molecule is CN(Cc1ccco1)C(=O)C1CC(=O)N(C2CCOCC2)C1. The number of hydrogen-bond donors (Lipinski definition) is 0. The lowest BCUT2D eigenvalue weighted by atomic mass is 10.1. The van der Waals surface area contributed by atoms with E-state index in [1.165, 1.54) is 0 Å². The molecule has 6 heteroatoms. The summed E-state index contributed by atoms with van der Waals surface area (Å²) in [6, 6.07) is 3.88. The molecule has 0 aliphatic carbocycles. The minimum absolute atomic E-state index is 0.0132. The molecular weight excluding hydrogens is 284 g/mol. The lowest BCUT2D eigenvalue weighted by molar-refractivity contribution is -0.135. The third-order valence-electron chi connectivity index (χ3n) is 4.49. The third-order valence-corrected chi connectivity index (χ3v) is 4.49. The Bertz CT molecular complexity index is 522. The van der Waals surface area contributed by atoms with Crippen LogP contribution in [0.1, 0.15) is 25.0 Å². The summed E-state index contributed by atoms with van der Waals surface area (Å²) in [5, 5.41) is 0. The van der Waals surface area contributed by atoms with Crippen molar-refractivity contribution in [2.45, 2.75) is 31.8 Å². The number of furan rings is 1. The number of hydrogen-bond acceptors (Lipinski definition) is 4. The van der Waals surface area contributed by atoms with Gasteiger partial charge in [-0.05, 0) is 25.0 Å². The zero-order valence-electron chi connectivity index (χ0n) is 12.9. The zero-order chi connectivity index (χ0) is 15.5. The molecule has 0 bridgehead atoms. The van der Waals surface area contributed by atoms with Crippen LogP contribution in [0, 0.1) is 5.92 Å². The van der Waals surface area contributed by atoms with Crippen molar-refractivity contribution in [1.29, 1.82) is 0 Å². The van der Waals surface area contributed by atoms with Gasteiger partial charge < -0.3 is 19.0 Å². The quantitative estimate of drug-likeness (QED) is 0.840. The first kappa shape index (κ1) is 15.1. The molecule has 3 heterocycles. The van der Waals surface area contributed by atoms with Gasteiger partial charge in [0.2, 0.25) is 11.8 Å². The number of carbonyl (C=O) groups excluding carboxylic acids is 2. The number of nitrogens with zero attached hydrogens (tertiary/aromatic N) is 2. The molecule has 0 radical (unpaired) electrons. The highest BCUT2D eigenvalue weighted by Gasteiger charge is 2.39. The summed E-state index contributed by atoms with van der Waals surface area (Å²) in [7, 11) is 1.76. The van der Waals surface area contributed by atoms with Gasteiger partial charge in [-0.25, -0.2) is 0 Å². The Balaban J connectivity index is 1.58. The van der Waals surface area contributed by atoms with Gasteiger partial charge in [-0.15, -0.1) is 0 Å². The Morgan fingerprint density at radius 3 is 2.86 bits per heavy atom. The van der Waals surface area contributed by atoms with Crippen LogP contribution in [-0.2, 0) is 20.9 Å². The topological polar surface area (TPSA) is 63.0 Å². The Labute approximate surface area is 130 Å². The van der Waals surface area contributed by atoms with E-state index in [1.807, 2.05) is 11.0 Å². The lowest BCUT2D eigenvalue weighted by Crippen LogP contribution is -2.41. The van der Waals surface area contributed by atoms with Crippen LogP contribution in [0.15, 0.2) is 22.8 Å². The standard InChI is InChI=1S/C16H22N2O4/c1-17(11-14-3-2-6-22-14)16(20)12-9-15(19)18(10-12)13-4-7-21-8-5-13/h2-3,6,12-13H,4-5,7-11H2,1H3. The predicted octanol–water partition coefficient (Wildman–Crippen LogP) is 1.27. The number of amides is 2. The highest BCUT2D eigenvalue weighted by Crippen LogP contribution is 2.26. The molecule has 120 valence electrons. The monoisotopic (exact) mass is 306 g/mol. The smallest absolute Gasteiger partial charge is 0.228 e. The second-order valence-corrected chi connectivity index (χ2v) is 6.06. The van der Waals surface area contributed by atoms with E-state index >= 15 is 0 Å². The molecule has 0 aromatic carbocycles. The summed E-state index contributed by atoms with van der Waals surface area (Å²) in [6.07, 6.45) is 3.65. The van der Waals surface area contributed by atoms with Crippen LogP contribution < -0.4 is 0 Å². The number of ether oxygens (including phenoxy) is 1. The van der Waals surface area contributed by atoms with E-state index in [1.54, 1.807) is 24.3 Å². The van der Waals surface area contributed by atoms with Crippen LogP contribution >= 0.6 is 0 Å². The molecule has 2 aliphatic heterocycles. The van der Waals surface area contributed by atoms with Gasteiger partial charge in [0.25, 0.3) is 0 Å². The van der Waals surface area contributed by atoms with Crippen molar-refractivity contribution in [3.63, 3.8) is 0 Å². The molecule has 2 aliphatic rings. The third kappa shape index (κ3) is 3.16. The molecule has 2 saturated heterocycles. The highest BCUT2D eigenvalue weighted by atomic mass is 16.5. The normalized spacial score (nSPS) is 23.0. The fourth-order valence-electron chi connectivity index (χ4n) is 3.27. The van der Waals surface area contributed by atoms with Crippen molar-refractivity contribution in [2.24, 2.45) is 5.92 Å². The predicted molar refractivity (Wildman–Crippen MR) is 78.8 cm³/mol. The van der Waals surface area contributed by atoms with Crippen molar-refractivity contribution in [3.05, 3.63) is 24.2 Å². The molecule has 0 N–H and O–H groups in total. The van der Waals surface area contributed by atoms with E-state index in [2.05, 4.69) is 0 Å². The Hall–Kier alpha value is -1.82. The van der Waals surface area contributed by atoms with Gasteiger partial charge in [0.05, 0.1) is 18.7 Å². The minimum atomic E-state index is -0.240. The summed E-state index contributed by atoms with van der Waals surface area (Å²) in [4.78, 5) is 28.3. The Morgan fingerprint density at radius 2 is 2.18 bits per heavy atom. The van der Waals surface area contributed by atoms with Gasteiger partial charge in [-0.1, -0.05) is 0 Å². The van der Waals surface area contributed by atoms with E-state index in [9.17, 15) is 9.59 Å². The van der Waals surface area contributed by atoms with Crippen molar-refractivity contribution >= 4 is 11.8 Å². The summed E-state index contributed by atoms with van der Waals surface area (Å²) < 4.78 is 10.6. The first-order chi connectivity index (χ1) is 10.6. The van der Waals surface area contributed by atoms with Gasteiger partial charge in [-0.3, -0.25) is 9.59 Å². The Kier molecular flexibility index (Phi) is 4.47. The number of carbonyl (C=O) groups is 2. The molecule has 2 amide bonds. The van der Waals surface area contributed by atoms with Crippen LogP contribution in [0.5, 0.6) is 0 Å². The molecule has 22 heavy (non-hydrogen) atoms. The molecule has 1 aromatic heterocycles. The van der Waals surface area contributed by atoms with E-state index in [0.717, 1.165) is 18.6 Å². The summed E-state index contributed by atoms with van der Waals surface area (Å²) in [6.45, 7) is 2.37. The van der Waals surface area contributed by atoms with Gasteiger partial charge in [0.1, 0.15) is 5.76 Å². The molecule has 1 aromatic rings. The second kappa shape index (κ2) is 6.52. The number of rotatable bonds is 4. The van der Waals surface area contributed by atoms with E-state index in [4.69, 9.17) is 9.15 Å². The van der Waals surface area contributed by atoms with Crippen LogP contribution in [0.2, 0.25) is 0 Å². The fourth-order valence-corrected chi connectivity index (χ4v) is 3.27. The molecule has 6 nitrogen and oxygen atoms in total. The van der Waals surface area contributed by atoms with Gasteiger partial charge >= 0.3 is 0 Å². The molecule has 1 atom stereocenters. The van der Waals surface area contributed by atoms with E-state index in [0.29, 0.717) is 32.7 Å². The summed E-state index contributed by atoms with van der Waals surface area (Å²) in [5.41, 5.74) is 0. The maximum absolute atomic E-state index is 12.5. The average Bonchev–Trinajstić information content (AvgIpc) is 3.17. The summed E-state index contributed by atoms with van der Waals surface area (Å²) >= 11 is 0. The van der Waals surface area contributed by atoms with Crippen LogP contribution in [0.25, 0.3) is 0 Å². The van der Waals surface area contributed by atoms with Gasteiger partial charge in [0, 0.05) is 39.3 Å². The first-order valence-corrected chi connectivity index (χ1v) is 7.79. The molecule has 2 fully saturated rings. The summed E-state index contributed by atoms with van der Waals surface area (Å²) in [5.74, 6) is 0.618. The van der Waals surface area contributed by atoms with Gasteiger partial charge in [0.15, 0.2) is 0 Å². The molecule has 0 saturated carbocycles.